The van der Waals surface area contributed by atoms with Gasteiger partial charge >= 0.3 is 0 Å². The summed E-state index contributed by atoms with van der Waals surface area (Å²) in [5, 5.41) is 22.5. The molecular formula is C6H13N2O2. The van der Waals surface area contributed by atoms with Gasteiger partial charge in [-0.25, -0.2) is 5.32 Å². The van der Waals surface area contributed by atoms with Crippen LogP contribution in [0.25, 0.3) is 0 Å². The van der Waals surface area contributed by atoms with Gasteiger partial charge in [-0.05, 0) is 12.8 Å². The second-order valence-corrected chi connectivity index (χ2v) is 2.62. The second-order valence-electron chi connectivity index (χ2n) is 2.62. The standard InChI is InChI=1S/C6H13N2O2/c7-4-6(10)5(9)2-1-3-8-6/h5,9-10H,1-4,7H2. The molecule has 1 aliphatic rings. The third-order valence-corrected chi connectivity index (χ3v) is 1.86. The van der Waals surface area contributed by atoms with E-state index in [1.165, 1.54) is 0 Å². The Kier molecular flexibility index (Phi) is 2.25. The number of hydrogen-bond donors (Lipinski definition) is 3. The Morgan fingerprint density at radius 3 is 2.80 bits per heavy atom. The van der Waals surface area contributed by atoms with Gasteiger partial charge in [-0.1, -0.05) is 0 Å². The highest BCUT2D eigenvalue weighted by molar-refractivity contribution is 4.88. The van der Waals surface area contributed by atoms with E-state index < -0.39 is 11.8 Å². The molecule has 0 aromatic rings. The van der Waals surface area contributed by atoms with E-state index in [1.54, 1.807) is 0 Å². The van der Waals surface area contributed by atoms with Crippen molar-refractivity contribution >= 4 is 0 Å². The Labute approximate surface area is 60.0 Å². The quantitative estimate of drug-likeness (QED) is 0.415. The summed E-state index contributed by atoms with van der Waals surface area (Å²) in [4.78, 5) is 0. The van der Waals surface area contributed by atoms with E-state index in [0.717, 1.165) is 6.42 Å². The Bertz CT molecular complexity index is 120. The van der Waals surface area contributed by atoms with Gasteiger partial charge in [-0.15, -0.1) is 0 Å². The van der Waals surface area contributed by atoms with Crippen LogP contribution in [0.2, 0.25) is 0 Å². The average Bonchev–Trinajstić information content (AvgIpc) is 1.96. The minimum atomic E-state index is -1.36. The van der Waals surface area contributed by atoms with Crippen LogP contribution >= 0.6 is 0 Å². The van der Waals surface area contributed by atoms with Gasteiger partial charge in [-0.3, -0.25) is 0 Å². The topological polar surface area (TPSA) is 80.6 Å². The van der Waals surface area contributed by atoms with Crippen molar-refractivity contribution in [3.8, 4) is 0 Å². The number of nitrogens with two attached hydrogens (primary N) is 1. The highest BCUT2D eigenvalue weighted by Crippen LogP contribution is 2.16. The molecule has 4 heteroatoms. The van der Waals surface area contributed by atoms with Gasteiger partial charge in [0.2, 0.25) is 0 Å². The lowest BCUT2D eigenvalue weighted by atomic mass is 9.98. The molecule has 4 nitrogen and oxygen atoms in total. The molecule has 4 N–H and O–H groups in total. The molecule has 59 valence electrons. The Morgan fingerprint density at radius 2 is 2.40 bits per heavy atom. The molecule has 0 amide bonds. The number of nitrogens with zero attached hydrogens (tertiary/aromatic N) is 1. The number of piperidine rings is 1. The van der Waals surface area contributed by atoms with Gasteiger partial charge < -0.3 is 15.9 Å². The van der Waals surface area contributed by atoms with E-state index >= 15 is 0 Å². The van der Waals surface area contributed by atoms with Gasteiger partial charge in [0.1, 0.15) is 0 Å². The minimum Gasteiger partial charge on any atom is -0.389 e. The van der Waals surface area contributed by atoms with Crippen LogP contribution in [-0.2, 0) is 0 Å². The molecule has 1 fully saturated rings. The van der Waals surface area contributed by atoms with E-state index in [1.807, 2.05) is 0 Å². The predicted octanol–water partition coefficient (Wildman–Crippen LogP) is -1.61. The minimum absolute atomic E-state index is 0.00810. The second kappa shape index (κ2) is 2.84. The first-order chi connectivity index (χ1) is 4.69. The van der Waals surface area contributed by atoms with Gasteiger partial charge in [-0.2, -0.15) is 0 Å². The molecule has 1 saturated heterocycles. The maximum absolute atomic E-state index is 9.41. The smallest absolute Gasteiger partial charge is 0.169 e. The third-order valence-electron chi connectivity index (χ3n) is 1.86. The van der Waals surface area contributed by atoms with Crippen molar-refractivity contribution in [2.45, 2.75) is 24.7 Å². The molecule has 0 saturated carbocycles. The van der Waals surface area contributed by atoms with Crippen molar-refractivity contribution in [3.63, 3.8) is 0 Å². The van der Waals surface area contributed by atoms with Crippen LogP contribution < -0.4 is 11.1 Å². The zero-order chi connectivity index (χ0) is 7.61. The summed E-state index contributed by atoms with van der Waals surface area (Å²) in [5.41, 5.74) is 3.86. The lowest BCUT2D eigenvalue weighted by molar-refractivity contribution is -0.112. The molecule has 1 rings (SSSR count). The molecule has 1 radical (unpaired) electrons. The van der Waals surface area contributed by atoms with Crippen LogP contribution in [0.4, 0.5) is 0 Å². The van der Waals surface area contributed by atoms with Crippen LogP contribution in [-0.4, -0.2) is 35.1 Å². The first-order valence-corrected chi connectivity index (χ1v) is 3.48. The summed E-state index contributed by atoms with van der Waals surface area (Å²) >= 11 is 0. The molecule has 2 atom stereocenters. The van der Waals surface area contributed by atoms with E-state index in [9.17, 15) is 10.2 Å². The van der Waals surface area contributed by atoms with Crippen molar-refractivity contribution in [2.24, 2.45) is 5.73 Å². The van der Waals surface area contributed by atoms with Crippen molar-refractivity contribution in [1.29, 1.82) is 0 Å². The maximum atomic E-state index is 9.41. The fraction of sp³-hybridized carbons (Fsp3) is 1.00. The van der Waals surface area contributed by atoms with Gasteiger partial charge in [0.05, 0.1) is 6.10 Å². The van der Waals surface area contributed by atoms with Gasteiger partial charge in [0, 0.05) is 13.1 Å². The first-order valence-electron chi connectivity index (χ1n) is 3.48. The van der Waals surface area contributed by atoms with Gasteiger partial charge in [0.15, 0.2) is 5.72 Å². The number of rotatable bonds is 1. The number of hydrogen-bond acceptors (Lipinski definition) is 3. The molecule has 0 bridgehead atoms. The number of aliphatic hydroxyl groups excluding tert-OH is 1. The molecule has 10 heavy (non-hydrogen) atoms. The molecule has 0 aromatic heterocycles. The van der Waals surface area contributed by atoms with Crippen LogP contribution in [0.5, 0.6) is 0 Å². The van der Waals surface area contributed by atoms with Gasteiger partial charge in [0.25, 0.3) is 0 Å². The number of aliphatic hydroxyl groups is 2. The monoisotopic (exact) mass is 145 g/mol. The highest BCUT2D eigenvalue weighted by Gasteiger charge is 2.37. The summed E-state index contributed by atoms with van der Waals surface area (Å²) in [6, 6.07) is 0. The highest BCUT2D eigenvalue weighted by atomic mass is 16.4. The maximum Gasteiger partial charge on any atom is 0.169 e. The van der Waals surface area contributed by atoms with Crippen molar-refractivity contribution in [2.75, 3.05) is 13.1 Å². The molecule has 1 heterocycles. The Morgan fingerprint density at radius 1 is 1.70 bits per heavy atom. The van der Waals surface area contributed by atoms with Crippen LogP contribution in [0.15, 0.2) is 0 Å². The summed E-state index contributed by atoms with van der Waals surface area (Å²) in [7, 11) is 0. The van der Waals surface area contributed by atoms with E-state index in [-0.39, 0.29) is 6.54 Å². The summed E-state index contributed by atoms with van der Waals surface area (Å²) in [6.07, 6.45) is 0.659. The fourth-order valence-corrected chi connectivity index (χ4v) is 1.09. The Hall–Kier alpha value is -0.160. The zero-order valence-electron chi connectivity index (χ0n) is 5.82. The summed E-state index contributed by atoms with van der Waals surface area (Å²) in [5.74, 6) is 0. The average molecular weight is 145 g/mol. The van der Waals surface area contributed by atoms with Crippen molar-refractivity contribution in [3.05, 3.63) is 0 Å². The molecular weight excluding hydrogens is 132 g/mol. The zero-order valence-corrected chi connectivity index (χ0v) is 5.82. The molecule has 2 unspecified atom stereocenters. The Balaban J connectivity index is 2.54. The van der Waals surface area contributed by atoms with Crippen molar-refractivity contribution in [1.82, 2.24) is 5.32 Å². The summed E-state index contributed by atoms with van der Waals surface area (Å²) in [6.45, 7) is 0.610. The lowest BCUT2D eigenvalue weighted by Gasteiger charge is -2.34. The van der Waals surface area contributed by atoms with E-state index in [0.29, 0.717) is 13.0 Å². The lowest BCUT2D eigenvalue weighted by Crippen LogP contribution is -2.58. The first kappa shape index (κ1) is 7.94. The third kappa shape index (κ3) is 1.29. The van der Waals surface area contributed by atoms with Crippen LogP contribution in [0.1, 0.15) is 12.8 Å². The molecule has 0 spiro atoms. The van der Waals surface area contributed by atoms with Crippen LogP contribution in [0, 0.1) is 0 Å². The van der Waals surface area contributed by atoms with E-state index in [2.05, 4.69) is 5.32 Å². The fourth-order valence-electron chi connectivity index (χ4n) is 1.09. The van der Waals surface area contributed by atoms with E-state index in [4.69, 9.17) is 5.73 Å². The summed E-state index contributed by atoms with van der Waals surface area (Å²) < 4.78 is 0. The SMILES string of the molecule is NCC1(O)[N]CCCC1O. The normalized spacial score (nSPS) is 41.7. The molecule has 0 aliphatic carbocycles. The molecule has 1 aliphatic heterocycles. The molecule has 0 aromatic carbocycles. The largest absolute Gasteiger partial charge is 0.389 e. The predicted molar refractivity (Wildman–Crippen MR) is 36.2 cm³/mol. The van der Waals surface area contributed by atoms with Crippen LogP contribution in [0.3, 0.4) is 0 Å². The van der Waals surface area contributed by atoms with Crippen molar-refractivity contribution < 1.29 is 10.2 Å².